The summed E-state index contributed by atoms with van der Waals surface area (Å²) < 4.78 is 10.6. The Balaban J connectivity index is 1.83. The van der Waals surface area contributed by atoms with Crippen molar-refractivity contribution in [3.8, 4) is 0 Å². The van der Waals surface area contributed by atoms with Gasteiger partial charge in [-0.1, -0.05) is 48.5 Å². The molecular weight excluding hydrogens is 358 g/mol. The van der Waals surface area contributed by atoms with Gasteiger partial charge >= 0.3 is 12.1 Å². The van der Waals surface area contributed by atoms with Crippen LogP contribution in [0, 0.1) is 0 Å². The van der Waals surface area contributed by atoms with Gasteiger partial charge < -0.3 is 9.47 Å². The fourth-order valence-corrected chi connectivity index (χ4v) is 2.76. The predicted molar refractivity (Wildman–Crippen MR) is 104 cm³/mol. The number of rotatable bonds is 3. The van der Waals surface area contributed by atoms with Crippen molar-refractivity contribution < 1.29 is 23.9 Å². The summed E-state index contributed by atoms with van der Waals surface area (Å²) in [6.45, 7) is 5.24. The summed E-state index contributed by atoms with van der Waals surface area (Å²) in [5, 5.41) is 0. The zero-order valence-electron chi connectivity index (χ0n) is 16.0. The Morgan fingerprint density at radius 2 is 1.64 bits per heavy atom. The number of anilines is 1. The van der Waals surface area contributed by atoms with Crippen molar-refractivity contribution in [1.29, 1.82) is 0 Å². The Labute approximate surface area is 163 Å². The average molecular weight is 379 g/mol. The summed E-state index contributed by atoms with van der Waals surface area (Å²) >= 11 is 0. The van der Waals surface area contributed by atoms with Crippen molar-refractivity contribution in [3.05, 3.63) is 71.8 Å². The lowest BCUT2D eigenvalue weighted by molar-refractivity contribution is -0.139. The minimum atomic E-state index is -0.786. The number of hydrogen-bond donors (Lipinski definition) is 0. The second kappa shape index (κ2) is 7.68. The molecule has 0 bridgehead atoms. The molecule has 0 saturated carbocycles. The minimum absolute atomic E-state index is 0.0923. The standard InChI is InChI=1S/C22H21NO5/c1-22(2,3)28-21(26)23-18-12-8-7-11-16(18)17(20(23)25)13-19(24)27-14-15-9-5-4-6-10-15/h4-13H,14H2,1-3H3/b17-13-. The lowest BCUT2D eigenvalue weighted by atomic mass is 10.1. The van der Waals surface area contributed by atoms with Gasteiger partial charge in [0.25, 0.3) is 5.91 Å². The van der Waals surface area contributed by atoms with E-state index in [1.165, 1.54) is 0 Å². The molecule has 2 aromatic carbocycles. The van der Waals surface area contributed by atoms with Gasteiger partial charge in [0, 0.05) is 11.6 Å². The SMILES string of the molecule is CC(C)(C)OC(=O)N1C(=O)/C(=C\C(=O)OCc2ccccc2)c2ccccc21. The van der Waals surface area contributed by atoms with Crippen LogP contribution in [0.25, 0.3) is 5.57 Å². The Bertz CT molecular complexity index is 941. The van der Waals surface area contributed by atoms with Crippen LogP contribution in [-0.2, 0) is 25.7 Å². The molecule has 0 aliphatic carbocycles. The van der Waals surface area contributed by atoms with Gasteiger partial charge in [-0.25, -0.2) is 14.5 Å². The van der Waals surface area contributed by atoms with E-state index in [0.29, 0.717) is 11.3 Å². The number of hydrogen-bond acceptors (Lipinski definition) is 5. The number of nitrogens with zero attached hydrogens (tertiary/aromatic N) is 1. The van der Waals surface area contributed by atoms with Crippen LogP contribution in [0.4, 0.5) is 10.5 Å². The van der Waals surface area contributed by atoms with E-state index in [2.05, 4.69) is 0 Å². The van der Waals surface area contributed by atoms with Crippen LogP contribution in [0.1, 0.15) is 31.9 Å². The van der Waals surface area contributed by atoms with Gasteiger partial charge in [0.05, 0.1) is 11.3 Å². The first-order valence-corrected chi connectivity index (χ1v) is 8.85. The Morgan fingerprint density at radius 3 is 2.32 bits per heavy atom. The van der Waals surface area contributed by atoms with E-state index in [1.54, 1.807) is 45.0 Å². The highest BCUT2D eigenvalue weighted by atomic mass is 16.6. The van der Waals surface area contributed by atoms with Crippen LogP contribution in [0.5, 0.6) is 0 Å². The monoisotopic (exact) mass is 379 g/mol. The summed E-state index contributed by atoms with van der Waals surface area (Å²) in [6.07, 6.45) is 0.333. The topological polar surface area (TPSA) is 72.9 Å². The molecule has 3 rings (SSSR count). The van der Waals surface area contributed by atoms with Gasteiger partial charge in [-0.15, -0.1) is 0 Å². The Kier molecular flexibility index (Phi) is 5.31. The number of imide groups is 1. The van der Waals surface area contributed by atoms with Gasteiger partial charge in [0.1, 0.15) is 12.2 Å². The van der Waals surface area contributed by atoms with E-state index in [1.807, 2.05) is 30.3 Å². The van der Waals surface area contributed by atoms with Crippen LogP contribution in [-0.4, -0.2) is 23.6 Å². The van der Waals surface area contributed by atoms with Crippen LogP contribution in [0.2, 0.25) is 0 Å². The quantitative estimate of drug-likeness (QED) is 0.593. The van der Waals surface area contributed by atoms with Crippen molar-refractivity contribution in [3.63, 3.8) is 0 Å². The van der Waals surface area contributed by atoms with Crippen LogP contribution >= 0.6 is 0 Å². The molecule has 0 saturated heterocycles. The van der Waals surface area contributed by atoms with Gasteiger partial charge in [-0.2, -0.15) is 0 Å². The zero-order chi connectivity index (χ0) is 20.3. The minimum Gasteiger partial charge on any atom is -0.458 e. The van der Waals surface area contributed by atoms with Gasteiger partial charge in [0.15, 0.2) is 0 Å². The Morgan fingerprint density at radius 1 is 1.00 bits per heavy atom. The molecule has 2 aromatic rings. The maximum absolute atomic E-state index is 12.8. The molecule has 6 nitrogen and oxygen atoms in total. The lowest BCUT2D eigenvalue weighted by Crippen LogP contribution is -2.38. The molecule has 2 amide bonds. The first-order valence-electron chi connectivity index (χ1n) is 8.85. The fourth-order valence-electron chi connectivity index (χ4n) is 2.76. The highest BCUT2D eigenvalue weighted by Crippen LogP contribution is 2.37. The van der Waals surface area contributed by atoms with E-state index < -0.39 is 23.6 Å². The van der Waals surface area contributed by atoms with Crippen LogP contribution in [0.3, 0.4) is 0 Å². The molecule has 0 atom stereocenters. The first kappa shape index (κ1) is 19.4. The summed E-state index contributed by atoms with van der Waals surface area (Å²) in [5.41, 5.74) is 1.04. The maximum Gasteiger partial charge on any atom is 0.422 e. The molecule has 0 aromatic heterocycles. The number of amides is 2. The number of benzene rings is 2. The molecule has 28 heavy (non-hydrogen) atoms. The predicted octanol–water partition coefficient (Wildman–Crippen LogP) is 4.10. The molecular formula is C22H21NO5. The van der Waals surface area contributed by atoms with Crippen molar-refractivity contribution in [2.75, 3.05) is 4.90 Å². The molecule has 1 aliphatic heterocycles. The summed E-state index contributed by atoms with van der Waals surface area (Å²) in [6, 6.07) is 16.0. The normalized spacial score (nSPS) is 14.8. The van der Waals surface area contributed by atoms with Crippen LogP contribution in [0.15, 0.2) is 60.7 Å². The van der Waals surface area contributed by atoms with Crippen molar-refractivity contribution in [1.82, 2.24) is 0 Å². The second-order valence-corrected chi connectivity index (χ2v) is 7.29. The molecule has 144 valence electrons. The second-order valence-electron chi connectivity index (χ2n) is 7.29. The van der Waals surface area contributed by atoms with Crippen LogP contribution < -0.4 is 4.90 Å². The molecule has 0 radical (unpaired) electrons. The molecule has 0 fully saturated rings. The Hall–Kier alpha value is -3.41. The van der Waals surface area contributed by atoms with E-state index in [4.69, 9.17) is 9.47 Å². The number of para-hydroxylation sites is 1. The smallest absolute Gasteiger partial charge is 0.422 e. The van der Waals surface area contributed by atoms with E-state index in [-0.39, 0.29) is 12.2 Å². The fraction of sp³-hybridized carbons (Fsp3) is 0.227. The maximum atomic E-state index is 12.8. The van der Waals surface area contributed by atoms with Gasteiger partial charge in [-0.05, 0) is 32.4 Å². The molecule has 6 heteroatoms. The van der Waals surface area contributed by atoms with Crippen molar-refractivity contribution in [2.24, 2.45) is 0 Å². The molecule has 1 heterocycles. The van der Waals surface area contributed by atoms with Gasteiger partial charge in [-0.3, -0.25) is 4.79 Å². The zero-order valence-corrected chi connectivity index (χ0v) is 16.0. The lowest BCUT2D eigenvalue weighted by Gasteiger charge is -2.23. The highest BCUT2D eigenvalue weighted by Gasteiger charge is 2.39. The summed E-state index contributed by atoms with van der Waals surface area (Å²) in [4.78, 5) is 38.6. The van der Waals surface area contributed by atoms with E-state index >= 15 is 0 Å². The number of carbonyl (C=O) groups is 3. The largest absolute Gasteiger partial charge is 0.458 e. The molecule has 0 N–H and O–H groups in total. The van der Waals surface area contributed by atoms with Gasteiger partial charge in [0.2, 0.25) is 0 Å². The summed E-state index contributed by atoms with van der Waals surface area (Å²) in [7, 11) is 0. The number of fused-ring (bicyclic) bond motifs is 1. The molecule has 0 unspecified atom stereocenters. The van der Waals surface area contributed by atoms with Crippen molar-refractivity contribution in [2.45, 2.75) is 33.0 Å². The third-order valence-electron chi connectivity index (χ3n) is 3.93. The number of carbonyl (C=O) groups excluding carboxylic acids is 3. The number of ether oxygens (including phenoxy) is 2. The van der Waals surface area contributed by atoms with E-state index in [9.17, 15) is 14.4 Å². The average Bonchev–Trinajstić information content (AvgIpc) is 2.91. The summed E-state index contributed by atoms with van der Waals surface area (Å²) in [5.74, 6) is -1.28. The van der Waals surface area contributed by atoms with E-state index in [0.717, 1.165) is 16.5 Å². The van der Waals surface area contributed by atoms with Crippen molar-refractivity contribution >= 4 is 29.2 Å². The third-order valence-corrected chi connectivity index (χ3v) is 3.93. The number of esters is 1. The first-order chi connectivity index (χ1) is 13.3. The highest BCUT2D eigenvalue weighted by molar-refractivity contribution is 6.40. The molecule has 1 aliphatic rings. The molecule has 0 spiro atoms. The third kappa shape index (κ3) is 4.28.